The summed E-state index contributed by atoms with van der Waals surface area (Å²) in [6, 6.07) is 16.2. The van der Waals surface area contributed by atoms with Crippen molar-refractivity contribution in [1.29, 1.82) is 0 Å². The fourth-order valence-electron chi connectivity index (χ4n) is 2.41. The summed E-state index contributed by atoms with van der Waals surface area (Å²) in [5.41, 5.74) is 5.83. The summed E-state index contributed by atoms with van der Waals surface area (Å²) in [6.07, 6.45) is -4.40. The maximum atomic E-state index is 12.1. The molecule has 0 atom stereocenters. The van der Waals surface area contributed by atoms with E-state index in [1.54, 1.807) is 12.1 Å². The number of benzene rings is 2. The van der Waals surface area contributed by atoms with Crippen molar-refractivity contribution in [3.63, 3.8) is 0 Å². The average Bonchev–Trinajstić information content (AvgIpc) is 3.22. The van der Waals surface area contributed by atoms with E-state index in [9.17, 15) is 22.8 Å². The molecular formula is C20H16F3N3O4. The normalized spacial score (nSPS) is 11.2. The Morgan fingerprint density at radius 2 is 1.63 bits per heavy atom. The number of aromatic nitrogens is 1. The summed E-state index contributed by atoms with van der Waals surface area (Å²) in [7, 11) is 0. The van der Waals surface area contributed by atoms with Gasteiger partial charge in [0.25, 0.3) is 11.8 Å². The first-order valence-corrected chi connectivity index (χ1v) is 8.68. The molecule has 3 aromatic rings. The van der Waals surface area contributed by atoms with Gasteiger partial charge >= 0.3 is 6.18 Å². The molecule has 0 saturated carbocycles. The number of ether oxygens (including phenoxy) is 1. The summed E-state index contributed by atoms with van der Waals surface area (Å²) < 4.78 is 45.9. The second-order valence-electron chi connectivity index (χ2n) is 6.16. The molecule has 1 aromatic heterocycles. The second-order valence-corrected chi connectivity index (χ2v) is 6.16. The van der Waals surface area contributed by atoms with Gasteiger partial charge in [-0.3, -0.25) is 20.4 Å². The first-order chi connectivity index (χ1) is 14.3. The number of carbonyl (C=O) groups is 2. The Kier molecular flexibility index (Phi) is 6.48. The Morgan fingerprint density at radius 3 is 2.30 bits per heavy atom. The van der Waals surface area contributed by atoms with Gasteiger partial charge in [0.15, 0.2) is 11.5 Å². The van der Waals surface area contributed by atoms with E-state index in [4.69, 9.17) is 4.52 Å². The third kappa shape index (κ3) is 5.92. The number of hydrogen-bond acceptors (Lipinski definition) is 5. The molecule has 156 valence electrons. The van der Waals surface area contributed by atoms with Crippen LogP contribution in [0.25, 0.3) is 11.3 Å². The summed E-state index contributed by atoms with van der Waals surface area (Å²) >= 11 is 0. The van der Waals surface area contributed by atoms with Crippen LogP contribution in [0.15, 0.2) is 65.2 Å². The molecule has 30 heavy (non-hydrogen) atoms. The van der Waals surface area contributed by atoms with Crippen LogP contribution in [0.3, 0.4) is 0 Å². The number of carbonyl (C=O) groups excluding carboxylic acids is 2. The fraction of sp³-hybridized carbons (Fsp3) is 0.150. The van der Waals surface area contributed by atoms with E-state index in [1.165, 1.54) is 30.3 Å². The number of rotatable bonds is 6. The number of nitrogens with zero attached hydrogens (tertiary/aromatic N) is 1. The Labute approximate surface area is 168 Å². The van der Waals surface area contributed by atoms with Crippen molar-refractivity contribution in [2.45, 2.75) is 12.8 Å². The van der Waals surface area contributed by atoms with E-state index in [0.717, 1.165) is 5.56 Å². The van der Waals surface area contributed by atoms with Gasteiger partial charge in [-0.1, -0.05) is 47.6 Å². The van der Waals surface area contributed by atoms with Crippen molar-refractivity contribution in [3.8, 4) is 11.3 Å². The zero-order valence-electron chi connectivity index (χ0n) is 15.4. The average molecular weight is 419 g/mol. The van der Waals surface area contributed by atoms with Gasteiger partial charge in [-0.05, 0) is 17.7 Å². The van der Waals surface area contributed by atoms with E-state index in [-0.39, 0.29) is 17.9 Å². The molecule has 7 nitrogen and oxygen atoms in total. The van der Waals surface area contributed by atoms with Crippen LogP contribution >= 0.6 is 0 Å². The molecule has 0 aliphatic rings. The minimum atomic E-state index is -4.40. The van der Waals surface area contributed by atoms with Gasteiger partial charge in [-0.15, -0.1) is 0 Å². The summed E-state index contributed by atoms with van der Waals surface area (Å²) in [5.74, 6) is -0.889. The summed E-state index contributed by atoms with van der Waals surface area (Å²) in [5, 5.41) is 3.67. The van der Waals surface area contributed by atoms with Crippen molar-refractivity contribution >= 4 is 11.8 Å². The van der Waals surface area contributed by atoms with Crippen molar-refractivity contribution in [1.82, 2.24) is 16.0 Å². The van der Waals surface area contributed by atoms with Gasteiger partial charge in [0.05, 0.1) is 6.61 Å². The largest absolute Gasteiger partial charge is 0.411 e. The minimum absolute atomic E-state index is 0.0219. The molecule has 2 aromatic carbocycles. The van der Waals surface area contributed by atoms with E-state index >= 15 is 0 Å². The minimum Gasteiger partial charge on any atom is -0.367 e. The van der Waals surface area contributed by atoms with Crippen LogP contribution in [0.2, 0.25) is 0 Å². The smallest absolute Gasteiger partial charge is 0.367 e. The maximum absolute atomic E-state index is 12.1. The van der Waals surface area contributed by atoms with Crippen LogP contribution in [0.4, 0.5) is 13.2 Å². The Hall–Kier alpha value is -3.66. The van der Waals surface area contributed by atoms with Gasteiger partial charge < -0.3 is 9.26 Å². The van der Waals surface area contributed by atoms with Crippen LogP contribution in [0.1, 0.15) is 26.4 Å². The number of alkyl halides is 3. The molecule has 0 aliphatic heterocycles. The van der Waals surface area contributed by atoms with Gasteiger partial charge in [-0.25, -0.2) is 0 Å². The second kappa shape index (κ2) is 9.23. The number of nitrogens with one attached hydrogen (secondary N) is 2. The lowest BCUT2D eigenvalue weighted by Crippen LogP contribution is -2.41. The molecular weight excluding hydrogens is 403 g/mol. The van der Waals surface area contributed by atoms with E-state index in [1.807, 2.05) is 18.2 Å². The quantitative estimate of drug-likeness (QED) is 0.597. The third-order valence-corrected chi connectivity index (χ3v) is 3.84. The molecule has 0 unspecified atom stereocenters. The molecule has 0 fully saturated rings. The summed E-state index contributed by atoms with van der Waals surface area (Å²) in [4.78, 5) is 24.2. The zero-order valence-corrected chi connectivity index (χ0v) is 15.4. The topological polar surface area (TPSA) is 93.5 Å². The molecule has 0 aliphatic carbocycles. The van der Waals surface area contributed by atoms with Crippen LogP contribution in [0.5, 0.6) is 0 Å². The summed E-state index contributed by atoms with van der Waals surface area (Å²) in [6.45, 7) is -1.59. The first-order valence-electron chi connectivity index (χ1n) is 8.68. The first kappa shape index (κ1) is 21.1. The highest BCUT2D eigenvalue weighted by Crippen LogP contribution is 2.19. The van der Waals surface area contributed by atoms with Crippen molar-refractivity contribution in [2.24, 2.45) is 0 Å². The van der Waals surface area contributed by atoms with Crippen LogP contribution in [-0.4, -0.2) is 29.8 Å². The zero-order chi connectivity index (χ0) is 21.6. The molecule has 2 N–H and O–H groups in total. The standard InChI is InChI=1S/C20H16F3N3O4/c21-20(22,23)12-29-11-13-6-8-15(9-7-13)18(27)24-25-19(28)16-10-17(30-26-16)14-4-2-1-3-5-14/h1-10H,11-12H2,(H,24,27)(H,25,28). The molecule has 10 heteroatoms. The molecule has 0 spiro atoms. The van der Waals surface area contributed by atoms with Gasteiger partial charge in [0.2, 0.25) is 0 Å². The lowest BCUT2D eigenvalue weighted by atomic mass is 10.1. The Morgan fingerprint density at radius 1 is 0.967 bits per heavy atom. The lowest BCUT2D eigenvalue weighted by molar-refractivity contribution is -0.176. The molecule has 2 amide bonds. The fourth-order valence-corrected chi connectivity index (χ4v) is 2.41. The number of hydrogen-bond donors (Lipinski definition) is 2. The lowest BCUT2D eigenvalue weighted by Gasteiger charge is -2.09. The Bertz CT molecular complexity index is 1000. The van der Waals surface area contributed by atoms with Gasteiger partial charge in [-0.2, -0.15) is 13.2 Å². The third-order valence-electron chi connectivity index (χ3n) is 3.84. The van der Waals surface area contributed by atoms with E-state index < -0.39 is 24.6 Å². The van der Waals surface area contributed by atoms with Crippen LogP contribution in [0, 0.1) is 0 Å². The van der Waals surface area contributed by atoms with Crippen molar-refractivity contribution in [2.75, 3.05) is 6.61 Å². The maximum Gasteiger partial charge on any atom is 0.411 e. The number of amides is 2. The van der Waals surface area contributed by atoms with Crippen LogP contribution < -0.4 is 10.9 Å². The predicted molar refractivity (Wildman–Crippen MR) is 99.0 cm³/mol. The number of hydrazine groups is 1. The molecule has 0 saturated heterocycles. The van der Waals surface area contributed by atoms with Gasteiger partial charge in [0.1, 0.15) is 6.61 Å². The molecule has 3 rings (SSSR count). The van der Waals surface area contributed by atoms with Gasteiger partial charge in [0, 0.05) is 17.2 Å². The highest BCUT2D eigenvalue weighted by molar-refractivity contribution is 5.98. The highest BCUT2D eigenvalue weighted by Gasteiger charge is 2.27. The Balaban J connectivity index is 1.50. The predicted octanol–water partition coefficient (Wildman–Crippen LogP) is 3.50. The molecule has 1 heterocycles. The van der Waals surface area contributed by atoms with E-state index in [2.05, 4.69) is 20.7 Å². The molecule has 0 bridgehead atoms. The van der Waals surface area contributed by atoms with Crippen molar-refractivity contribution < 1.29 is 32.0 Å². The highest BCUT2D eigenvalue weighted by atomic mass is 19.4. The van der Waals surface area contributed by atoms with E-state index in [0.29, 0.717) is 11.3 Å². The van der Waals surface area contributed by atoms with Crippen LogP contribution in [-0.2, 0) is 11.3 Å². The SMILES string of the molecule is O=C(NNC(=O)c1cc(-c2ccccc2)on1)c1ccc(COCC(F)(F)F)cc1. The van der Waals surface area contributed by atoms with Crippen molar-refractivity contribution in [3.05, 3.63) is 77.5 Å². The number of halogens is 3. The molecule has 0 radical (unpaired) electrons. The monoisotopic (exact) mass is 419 g/mol.